The monoisotopic (exact) mass is 413 g/mol. The Balaban J connectivity index is 1.46. The van der Waals surface area contributed by atoms with E-state index in [1.165, 1.54) is 25.7 Å². The molecule has 160 valence electrons. The average molecular weight is 413 g/mol. The van der Waals surface area contributed by atoms with E-state index in [1.807, 2.05) is 0 Å². The van der Waals surface area contributed by atoms with Crippen molar-refractivity contribution >= 4 is 17.8 Å². The zero-order valence-corrected chi connectivity index (χ0v) is 16.8. The Morgan fingerprint density at radius 3 is 2.57 bits per heavy atom. The van der Waals surface area contributed by atoms with Crippen molar-refractivity contribution in [2.45, 2.75) is 51.1 Å². The van der Waals surface area contributed by atoms with E-state index in [-0.39, 0.29) is 18.9 Å². The Kier molecular flexibility index (Phi) is 7.30. The molecule has 2 amide bonds. The van der Waals surface area contributed by atoms with Gasteiger partial charge in [0, 0.05) is 36.0 Å². The van der Waals surface area contributed by atoms with Crippen LogP contribution in [0.4, 0.5) is 0 Å². The number of hydrogen-bond acceptors (Lipinski definition) is 4. The third-order valence-electron chi connectivity index (χ3n) is 6.16. The Bertz CT molecular complexity index is 830. The lowest BCUT2D eigenvalue weighted by molar-refractivity contribution is -0.137. The third-order valence-corrected chi connectivity index (χ3v) is 6.16. The van der Waals surface area contributed by atoms with Gasteiger partial charge in [-0.25, -0.2) is 0 Å². The molecule has 9 nitrogen and oxygen atoms in total. The fourth-order valence-electron chi connectivity index (χ4n) is 4.69. The van der Waals surface area contributed by atoms with Crippen molar-refractivity contribution in [3.05, 3.63) is 45.8 Å². The van der Waals surface area contributed by atoms with E-state index < -0.39 is 17.9 Å². The highest BCUT2D eigenvalue weighted by molar-refractivity contribution is 5.94. The molecule has 2 fully saturated rings. The van der Waals surface area contributed by atoms with Crippen LogP contribution in [0.15, 0.2) is 29.4 Å². The van der Waals surface area contributed by atoms with Crippen LogP contribution in [-0.2, 0) is 16.1 Å². The first-order valence-corrected chi connectivity index (χ1v) is 10.3. The summed E-state index contributed by atoms with van der Waals surface area (Å²) in [6, 6.07) is 5.98. The first-order valence-electron chi connectivity index (χ1n) is 10.3. The first kappa shape index (κ1) is 21.6. The summed E-state index contributed by atoms with van der Waals surface area (Å²) in [6.45, 7) is 0.265. The maximum atomic E-state index is 12.3. The number of azide groups is 1. The highest BCUT2D eigenvalue weighted by Crippen LogP contribution is 2.49. The van der Waals surface area contributed by atoms with E-state index in [4.69, 9.17) is 10.6 Å². The topological polar surface area (TPSA) is 144 Å². The van der Waals surface area contributed by atoms with Crippen LogP contribution in [0.2, 0.25) is 0 Å². The Morgan fingerprint density at radius 2 is 1.97 bits per heavy atom. The maximum absolute atomic E-state index is 12.3. The van der Waals surface area contributed by atoms with Crippen LogP contribution in [0.25, 0.3) is 10.4 Å². The number of carbonyl (C=O) groups is 3. The average Bonchev–Trinajstić information content (AvgIpc) is 3.33. The summed E-state index contributed by atoms with van der Waals surface area (Å²) in [6.07, 6.45) is 5.32. The molecule has 3 N–H and O–H groups in total. The summed E-state index contributed by atoms with van der Waals surface area (Å²) < 4.78 is 0. The molecule has 4 atom stereocenters. The molecule has 2 aliphatic carbocycles. The molecule has 0 radical (unpaired) electrons. The minimum absolute atomic E-state index is 0.0731. The van der Waals surface area contributed by atoms with Gasteiger partial charge in [-0.2, -0.15) is 0 Å². The van der Waals surface area contributed by atoms with E-state index >= 15 is 0 Å². The van der Waals surface area contributed by atoms with Gasteiger partial charge >= 0.3 is 5.97 Å². The number of aliphatic carboxylic acids is 1. The largest absolute Gasteiger partial charge is 0.481 e. The number of nitrogens with one attached hydrogen (secondary N) is 2. The maximum Gasteiger partial charge on any atom is 0.305 e. The van der Waals surface area contributed by atoms with Crippen molar-refractivity contribution in [3.8, 4) is 0 Å². The van der Waals surface area contributed by atoms with E-state index in [1.54, 1.807) is 24.3 Å². The molecule has 1 aromatic carbocycles. The predicted octanol–water partition coefficient (Wildman–Crippen LogP) is 3.01. The molecule has 1 aromatic rings. The molecule has 30 heavy (non-hydrogen) atoms. The van der Waals surface area contributed by atoms with Crippen LogP contribution in [0, 0.1) is 17.8 Å². The highest BCUT2D eigenvalue weighted by Gasteiger charge is 2.40. The summed E-state index contributed by atoms with van der Waals surface area (Å²) in [4.78, 5) is 38.1. The number of hydrogen-bond donors (Lipinski definition) is 3. The molecule has 2 bridgehead atoms. The fraction of sp³-hybridized carbons (Fsp3) is 0.571. The van der Waals surface area contributed by atoms with Gasteiger partial charge in [0.25, 0.3) is 5.91 Å². The predicted molar refractivity (Wildman–Crippen MR) is 109 cm³/mol. The van der Waals surface area contributed by atoms with E-state index in [0.717, 1.165) is 17.4 Å². The molecular weight excluding hydrogens is 386 g/mol. The Morgan fingerprint density at radius 1 is 1.20 bits per heavy atom. The second-order valence-electron chi connectivity index (χ2n) is 8.29. The van der Waals surface area contributed by atoms with E-state index in [9.17, 15) is 14.4 Å². The van der Waals surface area contributed by atoms with Gasteiger partial charge in [0.1, 0.15) is 0 Å². The van der Waals surface area contributed by atoms with Crippen LogP contribution in [0.3, 0.4) is 0 Å². The zero-order valence-electron chi connectivity index (χ0n) is 16.8. The van der Waals surface area contributed by atoms with Gasteiger partial charge in [0.15, 0.2) is 0 Å². The molecule has 0 unspecified atom stereocenters. The van der Waals surface area contributed by atoms with Gasteiger partial charge in [-0.15, -0.1) is 0 Å². The smallest absolute Gasteiger partial charge is 0.305 e. The minimum atomic E-state index is -1.09. The van der Waals surface area contributed by atoms with Crippen LogP contribution < -0.4 is 10.6 Å². The van der Waals surface area contributed by atoms with Crippen LogP contribution in [0.5, 0.6) is 0 Å². The molecule has 0 spiro atoms. The van der Waals surface area contributed by atoms with Gasteiger partial charge in [0.05, 0.1) is 6.42 Å². The van der Waals surface area contributed by atoms with Crippen LogP contribution in [-0.4, -0.2) is 35.5 Å². The van der Waals surface area contributed by atoms with E-state index in [2.05, 4.69) is 20.7 Å². The van der Waals surface area contributed by atoms with Crippen LogP contribution >= 0.6 is 0 Å². The second-order valence-corrected chi connectivity index (χ2v) is 8.29. The van der Waals surface area contributed by atoms with Gasteiger partial charge in [-0.3, -0.25) is 14.4 Å². The Hall–Kier alpha value is -3.06. The number of carboxylic acid groups (broad SMARTS) is 1. The van der Waals surface area contributed by atoms with Crippen molar-refractivity contribution in [1.29, 1.82) is 0 Å². The number of carboxylic acids is 1. The summed E-state index contributed by atoms with van der Waals surface area (Å²) >= 11 is 0. The van der Waals surface area contributed by atoms with Crippen molar-refractivity contribution in [2.75, 3.05) is 6.54 Å². The number of carbonyl (C=O) groups excluding carboxylic acids is 2. The summed E-state index contributed by atoms with van der Waals surface area (Å²) in [5, 5.41) is 17.8. The Labute approximate surface area is 174 Å². The molecule has 0 aliphatic heterocycles. The van der Waals surface area contributed by atoms with Gasteiger partial charge in [0.2, 0.25) is 5.91 Å². The summed E-state index contributed by atoms with van der Waals surface area (Å²) in [5.41, 5.74) is 9.64. The quantitative estimate of drug-likeness (QED) is 0.307. The molecule has 3 rings (SSSR count). The highest BCUT2D eigenvalue weighted by atomic mass is 16.4. The third kappa shape index (κ3) is 5.97. The summed E-state index contributed by atoms with van der Waals surface area (Å²) in [7, 11) is 0. The van der Waals surface area contributed by atoms with E-state index in [0.29, 0.717) is 24.4 Å². The van der Waals surface area contributed by atoms with Crippen molar-refractivity contribution in [2.24, 2.45) is 22.9 Å². The molecular formula is C21H27N5O4. The minimum Gasteiger partial charge on any atom is -0.481 e. The lowest BCUT2D eigenvalue weighted by Gasteiger charge is -2.20. The van der Waals surface area contributed by atoms with Crippen molar-refractivity contribution in [1.82, 2.24) is 10.6 Å². The SMILES string of the molecule is [N-]=[N+]=NC[C@H](CC(=O)O)NC(=O)c1ccc(CNC(=O)C[C@H]2C[C@@H]3CC[C@H]2C3)cc1. The molecule has 0 aromatic heterocycles. The molecule has 0 heterocycles. The van der Waals surface area contributed by atoms with Crippen LogP contribution in [0.1, 0.15) is 54.4 Å². The lowest BCUT2D eigenvalue weighted by Crippen LogP contribution is -2.38. The molecule has 2 saturated carbocycles. The first-order chi connectivity index (χ1) is 14.4. The standard InChI is InChI=1S/C21H27N5O4/c22-26-24-12-18(10-20(28)29)25-21(30)15-4-1-13(2-5-15)11-23-19(27)9-17-8-14-3-6-16(17)7-14/h1-2,4-5,14,16-18H,3,6-12H2,(H,23,27)(H,25,30)(H,28,29)/t14-,16+,17-,18+/m1/s1. The second kappa shape index (κ2) is 10.1. The number of benzene rings is 1. The van der Waals surface area contributed by atoms with Gasteiger partial charge < -0.3 is 15.7 Å². The zero-order chi connectivity index (χ0) is 21.5. The molecule has 9 heteroatoms. The fourth-order valence-corrected chi connectivity index (χ4v) is 4.69. The van der Waals surface area contributed by atoms with Gasteiger partial charge in [-0.05, 0) is 60.2 Å². The number of nitrogens with zero attached hydrogens (tertiary/aromatic N) is 3. The number of rotatable bonds is 10. The van der Waals surface area contributed by atoms with Gasteiger partial charge in [-0.1, -0.05) is 23.7 Å². The lowest BCUT2D eigenvalue weighted by atomic mass is 9.86. The molecule has 2 aliphatic rings. The number of amides is 2. The number of fused-ring (bicyclic) bond motifs is 2. The van der Waals surface area contributed by atoms with Crippen molar-refractivity contribution in [3.63, 3.8) is 0 Å². The summed E-state index contributed by atoms with van der Waals surface area (Å²) in [5.74, 6) is 0.615. The molecule has 0 saturated heterocycles. The van der Waals surface area contributed by atoms with Crippen molar-refractivity contribution < 1.29 is 19.5 Å². The normalized spacial score (nSPS) is 22.7.